The number of ether oxygens (including phenoxy) is 1. The number of hydrogen-bond donors (Lipinski definition) is 3. The van der Waals surface area contributed by atoms with Crippen LogP contribution in [0.4, 0.5) is 0 Å². The third-order valence-electron chi connectivity index (χ3n) is 3.20. The fourth-order valence-electron chi connectivity index (χ4n) is 2.00. The van der Waals surface area contributed by atoms with Gasteiger partial charge in [0.25, 0.3) is 0 Å². The van der Waals surface area contributed by atoms with Crippen LogP contribution in [0.25, 0.3) is 0 Å². The Balaban J connectivity index is 1.98. The Kier molecular flexibility index (Phi) is 4.48. The lowest BCUT2D eigenvalue weighted by Crippen LogP contribution is -2.17. The van der Waals surface area contributed by atoms with Gasteiger partial charge in [0.2, 0.25) is 0 Å². The van der Waals surface area contributed by atoms with Crippen molar-refractivity contribution in [1.29, 1.82) is 0 Å². The highest BCUT2D eigenvalue weighted by Gasteiger charge is 2.07. The molecule has 0 aliphatic rings. The summed E-state index contributed by atoms with van der Waals surface area (Å²) in [4.78, 5) is 0. The molecule has 0 amide bonds. The van der Waals surface area contributed by atoms with Crippen molar-refractivity contribution >= 4 is 0 Å². The van der Waals surface area contributed by atoms with Crippen LogP contribution in [0.5, 0.6) is 17.2 Å². The molecule has 0 fully saturated rings. The van der Waals surface area contributed by atoms with Gasteiger partial charge in [0, 0.05) is 18.7 Å². The minimum Gasteiger partial charge on any atom is -0.508 e. The third-order valence-corrected chi connectivity index (χ3v) is 3.20. The molecule has 0 spiro atoms. The molecule has 0 aliphatic heterocycles. The van der Waals surface area contributed by atoms with Gasteiger partial charge in [-0.2, -0.15) is 0 Å². The fourth-order valence-corrected chi connectivity index (χ4v) is 2.00. The molecule has 0 radical (unpaired) electrons. The average molecular weight is 273 g/mol. The molecule has 0 saturated carbocycles. The molecular weight excluding hydrogens is 254 g/mol. The molecule has 1 atom stereocenters. The van der Waals surface area contributed by atoms with Crippen molar-refractivity contribution in [3.63, 3.8) is 0 Å². The Hall–Kier alpha value is -2.20. The molecule has 4 nitrogen and oxygen atoms in total. The highest BCUT2D eigenvalue weighted by Crippen LogP contribution is 2.25. The molecule has 20 heavy (non-hydrogen) atoms. The minimum absolute atomic E-state index is 0.0232. The van der Waals surface area contributed by atoms with Gasteiger partial charge >= 0.3 is 0 Å². The second-order valence-electron chi connectivity index (χ2n) is 4.73. The summed E-state index contributed by atoms with van der Waals surface area (Å²) < 4.78 is 5.11. The molecule has 1 unspecified atom stereocenters. The van der Waals surface area contributed by atoms with Crippen molar-refractivity contribution in [3.05, 3.63) is 53.6 Å². The Morgan fingerprint density at radius 2 is 1.65 bits per heavy atom. The number of nitrogens with one attached hydrogen (secondary N) is 1. The number of aromatic hydroxyl groups is 2. The number of rotatable bonds is 5. The third kappa shape index (κ3) is 3.65. The summed E-state index contributed by atoms with van der Waals surface area (Å²) in [5.41, 5.74) is 1.98. The molecule has 0 saturated heterocycles. The van der Waals surface area contributed by atoms with Gasteiger partial charge in [-0.05, 0) is 42.3 Å². The van der Waals surface area contributed by atoms with E-state index in [4.69, 9.17) is 4.74 Å². The number of phenolic OH excluding ortho intramolecular Hbond substituents is 2. The van der Waals surface area contributed by atoms with E-state index in [1.54, 1.807) is 19.2 Å². The first-order chi connectivity index (χ1) is 9.58. The van der Waals surface area contributed by atoms with Crippen LogP contribution in [0.15, 0.2) is 42.5 Å². The van der Waals surface area contributed by atoms with Crippen molar-refractivity contribution in [2.75, 3.05) is 7.11 Å². The average Bonchev–Trinajstić information content (AvgIpc) is 2.44. The fraction of sp³-hybridized carbons (Fsp3) is 0.250. The van der Waals surface area contributed by atoms with Crippen molar-refractivity contribution < 1.29 is 14.9 Å². The van der Waals surface area contributed by atoms with Crippen LogP contribution in [0.3, 0.4) is 0 Å². The summed E-state index contributed by atoms with van der Waals surface area (Å²) in [6.07, 6.45) is 0. The van der Waals surface area contributed by atoms with Gasteiger partial charge in [-0.1, -0.05) is 12.1 Å². The van der Waals surface area contributed by atoms with Crippen LogP contribution in [-0.4, -0.2) is 17.3 Å². The Morgan fingerprint density at radius 3 is 2.20 bits per heavy atom. The first kappa shape index (κ1) is 14.2. The van der Waals surface area contributed by atoms with Crippen LogP contribution in [0.1, 0.15) is 24.1 Å². The predicted octanol–water partition coefficient (Wildman–Crippen LogP) is 2.96. The normalized spacial score (nSPS) is 12.1. The summed E-state index contributed by atoms with van der Waals surface area (Å²) in [5.74, 6) is 0.968. The molecule has 0 bridgehead atoms. The van der Waals surface area contributed by atoms with E-state index in [1.807, 2.05) is 31.2 Å². The summed E-state index contributed by atoms with van der Waals surface area (Å²) in [5, 5.41) is 22.3. The van der Waals surface area contributed by atoms with E-state index >= 15 is 0 Å². The molecule has 106 valence electrons. The van der Waals surface area contributed by atoms with Crippen molar-refractivity contribution in [2.45, 2.75) is 19.5 Å². The highest BCUT2D eigenvalue weighted by molar-refractivity contribution is 5.38. The summed E-state index contributed by atoms with van der Waals surface area (Å²) in [6, 6.07) is 12.5. The second-order valence-corrected chi connectivity index (χ2v) is 4.73. The molecule has 2 aromatic carbocycles. The zero-order valence-corrected chi connectivity index (χ0v) is 11.6. The molecule has 0 aromatic heterocycles. The maximum absolute atomic E-state index is 9.48. The zero-order valence-electron chi connectivity index (χ0n) is 11.6. The molecule has 2 rings (SSSR count). The summed E-state index contributed by atoms with van der Waals surface area (Å²) in [7, 11) is 1.64. The predicted molar refractivity (Wildman–Crippen MR) is 78.0 cm³/mol. The Bertz CT molecular complexity index is 546. The van der Waals surface area contributed by atoms with Gasteiger partial charge in [-0.15, -0.1) is 0 Å². The van der Waals surface area contributed by atoms with E-state index in [0.717, 1.165) is 16.9 Å². The van der Waals surface area contributed by atoms with Crippen molar-refractivity contribution in [2.24, 2.45) is 0 Å². The van der Waals surface area contributed by atoms with Gasteiger partial charge in [0.05, 0.1) is 7.11 Å². The van der Waals surface area contributed by atoms with Crippen molar-refractivity contribution in [1.82, 2.24) is 5.32 Å². The molecule has 4 heteroatoms. The first-order valence-electron chi connectivity index (χ1n) is 6.47. The smallest absolute Gasteiger partial charge is 0.119 e. The molecule has 0 heterocycles. The van der Waals surface area contributed by atoms with Crippen LogP contribution in [-0.2, 0) is 6.54 Å². The van der Waals surface area contributed by atoms with Gasteiger partial charge in [0.1, 0.15) is 17.2 Å². The Labute approximate surface area is 118 Å². The van der Waals surface area contributed by atoms with E-state index in [0.29, 0.717) is 6.54 Å². The van der Waals surface area contributed by atoms with Crippen LogP contribution in [0, 0.1) is 0 Å². The molecule has 0 aliphatic carbocycles. The SMILES string of the molecule is COc1ccc(CNC(C)c2cc(O)cc(O)c2)cc1. The molecule has 2 aromatic rings. The number of methoxy groups -OCH3 is 1. The van der Waals surface area contributed by atoms with E-state index < -0.39 is 0 Å². The second kappa shape index (κ2) is 6.30. The standard InChI is InChI=1S/C16H19NO3/c1-11(13-7-14(18)9-15(19)8-13)17-10-12-3-5-16(20-2)6-4-12/h3-9,11,17-19H,10H2,1-2H3. The van der Waals surface area contributed by atoms with E-state index in [9.17, 15) is 10.2 Å². The lowest BCUT2D eigenvalue weighted by Gasteiger charge is -2.15. The van der Waals surface area contributed by atoms with E-state index in [1.165, 1.54) is 6.07 Å². The van der Waals surface area contributed by atoms with Crippen LogP contribution < -0.4 is 10.1 Å². The first-order valence-corrected chi connectivity index (χ1v) is 6.47. The lowest BCUT2D eigenvalue weighted by atomic mass is 10.1. The minimum atomic E-state index is 0.0232. The summed E-state index contributed by atoms with van der Waals surface area (Å²) >= 11 is 0. The number of benzene rings is 2. The monoisotopic (exact) mass is 273 g/mol. The van der Waals surface area contributed by atoms with Crippen LogP contribution in [0.2, 0.25) is 0 Å². The van der Waals surface area contributed by atoms with Gasteiger partial charge in [-0.25, -0.2) is 0 Å². The zero-order chi connectivity index (χ0) is 14.5. The largest absolute Gasteiger partial charge is 0.508 e. The number of phenols is 2. The van der Waals surface area contributed by atoms with Gasteiger partial charge in [-0.3, -0.25) is 0 Å². The van der Waals surface area contributed by atoms with Crippen LogP contribution >= 0.6 is 0 Å². The molecular formula is C16H19NO3. The van der Waals surface area contributed by atoms with E-state index in [-0.39, 0.29) is 17.5 Å². The lowest BCUT2D eigenvalue weighted by molar-refractivity contribution is 0.414. The van der Waals surface area contributed by atoms with Crippen molar-refractivity contribution in [3.8, 4) is 17.2 Å². The van der Waals surface area contributed by atoms with E-state index in [2.05, 4.69) is 5.32 Å². The maximum atomic E-state index is 9.48. The summed E-state index contributed by atoms with van der Waals surface area (Å²) in [6.45, 7) is 2.68. The number of hydrogen-bond acceptors (Lipinski definition) is 4. The quantitative estimate of drug-likeness (QED) is 0.784. The Morgan fingerprint density at radius 1 is 1.05 bits per heavy atom. The maximum Gasteiger partial charge on any atom is 0.119 e. The highest BCUT2D eigenvalue weighted by atomic mass is 16.5. The van der Waals surface area contributed by atoms with Gasteiger partial charge < -0.3 is 20.3 Å². The topological polar surface area (TPSA) is 61.7 Å². The molecule has 3 N–H and O–H groups in total. The van der Waals surface area contributed by atoms with Gasteiger partial charge in [0.15, 0.2) is 0 Å².